The highest BCUT2D eigenvalue weighted by Gasteiger charge is 2.31. The topological polar surface area (TPSA) is 81.7 Å². The summed E-state index contributed by atoms with van der Waals surface area (Å²) in [7, 11) is 0. The minimum absolute atomic E-state index is 0.0589. The van der Waals surface area contributed by atoms with Crippen molar-refractivity contribution >= 4 is 11.9 Å². The Morgan fingerprint density at radius 1 is 1.59 bits per heavy atom. The highest BCUT2D eigenvalue weighted by molar-refractivity contribution is 5.81. The van der Waals surface area contributed by atoms with E-state index in [1.54, 1.807) is 4.90 Å². The van der Waals surface area contributed by atoms with Gasteiger partial charge in [-0.1, -0.05) is 0 Å². The molecule has 0 aromatic carbocycles. The standard InChI is InChI=1S/C11H21N3O3/c1-8(2)14-7-9(6-10(14)16)13-11(17)12-4-3-5-15/h8-9,15H,3-7H2,1-2H3,(H2,12,13,17). The van der Waals surface area contributed by atoms with Gasteiger partial charge in [-0.15, -0.1) is 0 Å². The van der Waals surface area contributed by atoms with Crippen molar-refractivity contribution in [3.8, 4) is 0 Å². The second-order valence-electron chi connectivity index (χ2n) is 4.52. The van der Waals surface area contributed by atoms with Crippen molar-refractivity contribution in [2.45, 2.75) is 38.8 Å². The molecule has 1 atom stereocenters. The fraction of sp³-hybridized carbons (Fsp3) is 0.818. The number of amides is 3. The van der Waals surface area contributed by atoms with Crippen LogP contribution in [0.2, 0.25) is 0 Å². The molecule has 0 aromatic rings. The highest BCUT2D eigenvalue weighted by atomic mass is 16.3. The van der Waals surface area contributed by atoms with Gasteiger partial charge < -0.3 is 20.6 Å². The smallest absolute Gasteiger partial charge is 0.315 e. The minimum Gasteiger partial charge on any atom is -0.396 e. The van der Waals surface area contributed by atoms with E-state index in [0.29, 0.717) is 25.9 Å². The van der Waals surface area contributed by atoms with Crippen LogP contribution in [0.15, 0.2) is 0 Å². The molecule has 1 saturated heterocycles. The summed E-state index contributed by atoms with van der Waals surface area (Å²) in [4.78, 5) is 24.8. The largest absolute Gasteiger partial charge is 0.396 e. The molecule has 3 N–H and O–H groups in total. The third kappa shape index (κ3) is 4.22. The third-order valence-electron chi connectivity index (χ3n) is 2.74. The molecule has 0 aliphatic carbocycles. The van der Waals surface area contributed by atoms with E-state index in [1.807, 2.05) is 13.8 Å². The molecular formula is C11H21N3O3. The lowest BCUT2D eigenvalue weighted by Gasteiger charge is -2.21. The first-order valence-corrected chi connectivity index (χ1v) is 5.99. The second kappa shape index (κ2) is 6.44. The first kappa shape index (κ1) is 13.8. The average Bonchev–Trinajstić information content (AvgIpc) is 2.60. The summed E-state index contributed by atoms with van der Waals surface area (Å²) in [5.41, 5.74) is 0. The van der Waals surface area contributed by atoms with Crippen LogP contribution >= 0.6 is 0 Å². The van der Waals surface area contributed by atoms with Crippen molar-refractivity contribution in [3.05, 3.63) is 0 Å². The summed E-state index contributed by atoms with van der Waals surface area (Å²) in [5, 5.41) is 14.0. The molecule has 1 aliphatic heterocycles. The quantitative estimate of drug-likeness (QED) is 0.579. The average molecular weight is 243 g/mol. The second-order valence-corrected chi connectivity index (χ2v) is 4.52. The van der Waals surface area contributed by atoms with E-state index in [4.69, 9.17) is 5.11 Å². The normalized spacial score (nSPS) is 19.9. The van der Waals surface area contributed by atoms with Gasteiger partial charge in [0.05, 0.1) is 6.04 Å². The first-order valence-electron chi connectivity index (χ1n) is 5.99. The number of carbonyl (C=O) groups excluding carboxylic acids is 2. The van der Waals surface area contributed by atoms with Gasteiger partial charge in [0.2, 0.25) is 5.91 Å². The molecule has 1 heterocycles. The van der Waals surface area contributed by atoms with Crippen LogP contribution < -0.4 is 10.6 Å². The number of hydrogen-bond acceptors (Lipinski definition) is 3. The van der Waals surface area contributed by atoms with E-state index >= 15 is 0 Å². The van der Waals surface area contributed by atoms with Gasteiger partial charge in [-0.2, -0.15) is 0 Å². The number of nitrogens with zero attached hydrogens (tertiary/aromatic N) is 1. The zero-order chi connectivity index (χ0) is 12.8. The van der Waals surface area contributed by atoms with Gasteiger partial charge in [-0.3, -0.25) is 4.79 Å². The molecule has 0 aromatic heterocycles. The molecule has 6 heteroatoms. The van der Waals surface area contributed by atoms with Crippen LogP contribution in [0.5, 0.6) is 0 Å². The summed E-state index contributed by atoms with van der Waals surface area (Å²) in [6, 6.07) is -0.215. The van der Waals surface area contributed by atoms with Crippen molar-refractivity contribution in [2.75, 3.05) is 19.7 Å². The predicted molar refractivity (Wildman–Crippen MR) is 63.5 cm³/mol. The fourth-order valence-corrected chi connectivity index (χ4v) is 1.84. The van der Waals surface area contributed by atoms with Crippen LogP contribution in [-0.4, -0.2) is 53.7 Å². The number of rotatable bonds is 5. The van der Waals surface area contributed by atoms with Crippen molar-refractivity contribution in [1.82, 2.24) is 15.5 Å². The molecule has 0 saturated carbocycles. The van der Waals surface area contributed by atoms with Gasteiger partial charge in [-0.05, 0) is 20.3 Å². The molecular weight excluding hydrogens is 222 g/mol. The molecule has 6 nitrogen and oxygen atoms in total. The summed E-state index contributed by atoms with van der Waals surface area (Å²) < 4.78 is 0. The van der Waals surface area contributed by atoms with Gasteiger partial charge in [-0.25, -0.2) is 4.79 Å². The summed E-state index contributed by atoms with van der Waals surface area (Å²) >= 11 is 0. The van der Waals surface area contributed by atoms with Gasteiger partial charge >= 0.3 is 6.03 Å². The van der Waals surface area contributed by atoms with Gasteiger partial charge in [0.15, 0.2) is 0 Å². The van der Waals surface area contributed by atoms with Crippen LogP contribution in [0.3, 0.4) is 0 Å². The van der Waals surface area contributed by atoms with Crippen LogP contribution in [0.4, 0.5) is 4.79 Å². The maximum atomic E-state index is 11.6. The molecule has 0 spiro atoms. The Labute approximate surface area is 101 Å². The Kier molecular flexibility index (Phi) is 5.21. The third-order valence-corrected chi connectivity index (χ3v) is 2.74. The zero-order valence-corrected chi connectivity index (χ0v) is 10.4. The van der Waals surface area contributed by atoms with Gasteiger partial charge in [0.25, 0.3) is 0 Å². The molecule has 17 heavy (non-hydrogen) atoms. The molecule has 0 radical (unpaired) electrons. The lowest BCUT2D eigenvalue weighted by molar-refractivity contribution is -0.129. The Bertz CT molecular complexity index is 281. The number of nitrogens with one attached hydrogen (secondary N) is 2. The summed E-state index contributed by atoms with van der Waals surface area (Å²) in [6.07, 6.45) is 0.904. The van der Waals surface area contributed by atoms with Crippen LogP contribution in [0.25, 0.3) is 0 Å². The number of likely N-dealkylation sites (tertiary alicyclic amines) is 1. The Morgan fingerprint density at radius 3 is 2.82 bits per heavy atom. The lowest BCUT2D eigenvalue weighted by atomic mass is 10.2. The van der Waals surface area contributed by atoms with E-state index < -0.39 is 0 Å². The number of aliphatic hydroxyl groups is 1. The van der Waals surface area contributed by atoms with E-state index in [0.717, 1.165) is 0 Å². The molecule has 3 amide bonds. The van der Waals surface area contributed by atoms with E-state index in [9.17, 15) is 9.59 Å². The Morgan fingerprint density at radius 2 is 2.29 bits per heavy atom. The maximum Gasteiger partial charge on any atom is 0.315 e. The zero-order valence-electron chi connectivity index (χ0n) is 10.4. The molecule has 98 valence electrons. The van der Waals surface area contributed by atoms with Crippen molar-refractivity contribution < 1.29 is 14.7 Å². The Balaban J connectivity index is 2.29. The van der Waals surface area contributed by atoms with Crippen LogP contribution in [-0.2, 0) is 4.79 Å². The van der Waals surface area contributed by atoms with Crippen molar-refractivity contribution in [3.63, 3.8) is 0 Å². The molecule has 1 unspecified atom stereocenters. The van der Waals surface area contributed by atoms with Crippen molar-refractivity contribution in [2.24, 2.45) is 0 Å². The minimum atomic E-state index is -0.276. The number of aliphatic hydroxyl groups excluding tert-OH is 1. The summed E-state index contributed by atoms with van der Waals surface area (Å²) in [5.74, 6) is 0.0839. The van der Waals surface area contributed by atoms with Crippen LogP contribution in [0, 0.1) is 0 Å². The number of urea groups is 1. The number of hydrogen-bond donors (Lipinski definition) is 3. The molecule has 0 bridgehead atoms. The first-order chi connectivity index (χ1) is 8.04. The fourth-order valence-electron chi connectivity index (χ4n) is 1.84. The van der Waals surface area contributed by atoms with Crippen LogP contribution in [0.1, 0.15) is 26.7 Å². The monoisotopic (exact) mass is 243 g/mol. The maximum absolute atomic E-state index is 11.6. The highest BCUT2D eigenvalue weighted by Crippen LogP contribution is 2.13. The van der Waals surface area contributed by atoms with E-state index in [1.165, 1.54) is 0 Å². The Hall–Kier alpha value is -1.30. The lowest BCUT2D eigenvalue weighted by Crippen LogP contribution is -2.44. The SMILES string of the molecule is CC(C)N1CC(NC(=O)NCCCO)CC1=O. The molecule has 1 aliphatic rings. The van der Waals surface area contributed by atoms with Gasteiger partial charge in [0, 0.05) is 32.2 Å². The van der Waals surface area contributed by atoms with E-state index in [2.05, 4.69) is 10.6 Å². The van der Waals surface area contributed by atoms with Gasteiger partial charge in [0.1, 0.15) is 0 Å². The van der Waals surface area contributed by atoms with Crippen molar-refractivity contribution in [1.29, 1.82) is 0 Å². The number of carbonyl (C=O) groups is 2. The summed E-state index contributed by atoms with van der Waals surface area (Å²) in [6.45, 7) is 4.99. The predicted octanol–water partition coefficient (Wildman–Crippen LogP) is -0.323. The molecule has 1 fully saturated rings. The van der Waals surface area contributed by atoms with E-state index in [-0.39, 0.29) is 30.6 Å². The molecule has 1 rings (SSSR count).